The smallest absolute Gasteiger partial charge is 0.270 e. The van der Waals surface area contributed by atoms with E-state index >= 15 is 0 Å². The molecule has 0 radical (unpaired) electrons. The summed E-state index contributed by atoms with van der Waals surface area (Å²) in [5.74, 6) is -0.822. The van der Waals surface area contributed by atoms with Gasteiger partial charge >= 0.3 is 0 Å². The summed E-state index contributed by atoms with van der Waals surface area (Å²) in [5.41, 5.74) is 1.14. The molecule has 0 aliphatic heterocycles. The second-order valence-corrected chi connectivity index (χ2v) is 7.48. The minimum atomic E-state index is -0.533. The predicted molar refractivity (Wildman–Crippen MR) is 109 cm³/mol. The van der Waals surface area contributed by atoms with Crippen LogP contribution in [-0.2, 0) is 6.61 Å². The molecular formula is C21H21F2N3O2S. The van der Waals surface area contributed by atoms with E-state index in [2.05, 4.69) is 10.3 Å². The van der Waals surface area contributed by atoms with Crippen molar-refractivity contribution in [3.63, 3.8) is 0 Å². The Kier molecular flexibility index (Phi) is 6.90. The van der Waals surface area contributed by atoms with Gasteiger partial charge in [-0.2, -0.15) is 0 Å². The van der Waals surface area contributed by atoms with Crippen molar-refractivity contribution < 1.29 is 18.3 Å². The van der Waals surface area contributed by atoms with Crippen LogP contribution in [0.15, 0.2) is 47.8 Å². The minimum Gasteiger partial charge on any atom is -0.488 e. The molecule has 0 aliphatic carbocycles. The molecule has 29 heavy (non-hydrogen) atoms. The zero-order chi connectivity index (χ0) is 20.8. The molecule has 0 atom stereocenters. The number of aromatic nitrogens is 1. The van der Waals surface area contributed by atoms with Crippen molar-refractivity contribution in [3.8, 4) is 16.3 Å². The lowest BCUT2D eigenvalue weighted by atomic mass is 10.2. The molecule has 0 saturated heterocycles. The summed E-state index contributed by atoms with van der Waals surface area (Å²) in [6.45, 7) is 1.14. The Hall–Kier alpha value is -2.84. The van der Waals surface area contributed by atoms with Gasteiger partial charge in [0.25, 0.3) is 5.91 Å². The number of amides is 1. The third-order valence-corrected chi connectivity index (χ3v) is 4.97. The molecular weight excluding hydrogens is 396 g/mol. The quantitative estimate of drug-likeness (QED) is 0.603. The SMILES string of the molecule is CN(C)CCNC(=O)c1csc(-c2ccccc2OCc2cc(F)ccc2F)n1. The Morgan fingerprint density at radius 1 is 1.21 bits per heavy atom. The maximum absolute atomic E-state index is 13.8. The first-order chi connectivity index (χ1) is 13.9. The number of hydrogen-bond acceptors (Lipinski definition) is 5. The van der Waals surface area contributed by atoms with Crippen molar-refractivity contribution in [1.82, 2.24) is 15.2 Å². The van der Waals surface area contributed by atoms with Gasteiger partial charge in [-0.15, -0.1) is 11.3 Å². The molecule has 0 bridgehead atoms. The number of likely N-dealkylation sites (N-methyl/N-ethyl adjacent to an activating group) is 1. The third kappa shape index (κ3) is 5.58. The van der Waals surface area contributed by atoms with Gasteiger partial charge < -0.3 is 15.0 Å². The van der Waals surface area contributed by atoms with Gasteiger partial charge in [-0.25, -0.2) is 13.8 Å². The van der Waals surface area contributed by atoms with E-state index in [0.29, 0.717) is 28.6 Å². The van der Waals surface area contributed by atoms with Crippen LogP contribution in [0.3, 0.4) is 0 Å². The van der Waals surface area contributed by atoms with Crippen LogP contribution in [0, 0.1) is 11.6 Å². The van der Waals surface area contributed by atoms with E-state index in [4.69, 9.17) is 4.74 Å². The van der Waals surface area contributed by atoms with E-state index < -0.39 is 11.6 Å². The van der Waals surface area contributed by atoms with Gasteiger partial charge in [-0.3, -0.25) is 4.79 Å². The maximum Gasteiger partial charge on any atom is 0.270 e. The molecule has 152 valence electrons. The lowest BCUT2D eigenvalue weighted by molar-refractivity contribution is 0.0947. The standard InChI is InChI=1S/C21H21F2N3O2S/c1-26(2)10-9-24-20(27)18-13-29-21(25-18)16-5-3-4-6-19(16)28-12-14-11-15(22)7-8-17(14)23/h3-8,11,13H,9-10,12H2,1-2H3,(H,24,27). The average molecular weight is 417 g/mol. The Bertz CT molecular complexity index is 992. The molecule has 1 amide bonds. The number of hydrogen-bond donors (Lipinski definition) is 1. The molecule has 5 nitrogen and oxygen atoms in total. The highest BCUT2D eigenvalue weighted by Crippen LogP contribution is 2.32. The number of para-hydroxylation sites is 1. The largest absolute Gasteiger partial charge is 0.488 e. The summed E-state index contributed by atoms with van der Waals surface area (Å²) in [6.07, 6.45) is 0. The Balaban J connectivity index is 1.73. The first-order valence-electron chi connectivity index (χ1n) is 8.98. The molecule has 1 heterocycles. The number of rotatable bonds is 8. The topological polar surface area (TPSA) is 54.5 Å². The maximum atomic E-state index is 13.8. The molecule has 0 saturated carbocycles. The summed E-state index contributed by atoms with van der Waals surface area (Å²) < 4.78 is 32.9. The van der Waals surface area contributed by atoms with Crippen LogP contribution in [0.4, 0.5) is 8.78 Å². The zero-order valence-electron chi connectivity index (χ0n) is 16.1. The zero-order valence-corrected chi connectivity index (χ0v) is 16.9. The second kappa shape index (κ2) is 9.58. The third-order valence-electron chi connectivity index (χ3n) is 4.09. The van der Waals surface area contributed by atoms with Gasteiger partial charge in [0.1, 0.15) is 34.7 Å². The monoisotopic (exact) mass is 417 g/mol. The first kappa shape index (κ1) is 20.9. The first-order valence-corrected chi connectivity index (χ1v) is 9.86. The van der Waals surface area contributed by atoms with Crippen molar-refractivity contribution >= 4 is 17.2 Å². The van der Waals surface area contributed by atoms with Gasteiger partial charge in [0.05, 0.1) is 5.56 Å². The molecule has 1 aromatic heterocycles. The summed E-state index contributed by atoms with van der Waals surface area (Å²) in [4.78, 5) is 18.6. The van der Waals surface area contributed by atoms with Crippen LogP contribution in [0.1, 0.15) is 16.1 Å². The lowest BCUT2D eigenvalue weighted by Crippen LogP contribution is -2.31. The Labute approximate surface area is 172 Å². The molecule has 3 rings (SSSR count). The van der Waals surface area contributed by atoms with Crippen molar-refractivity contribution in [3.05, 3.63) is 70.7 Å². The molecule has 3 aromatic rings. The fourth-order valence-electron chi connectivity index (χ4n) is 2.56. The van der Waals surface area contributed by atoms with Gasteiger partial charge in [-0.1, -0.05) is 12.1 Å². The molecule has 8 heteroatoms. The van der Waals surface area contributed by atoms with Gasteiger partial charge in [0.2, 0.25) is 0 Å². The van der Waals surface area contributed by atoms with E-state index in [9.17, 15) is 13.6 Å². The van der Waals surface area contributed by atoms with Crippen molar-refractivity contribution in [2.45, 2.75) is 6.61 Å². The second-order valence-electron chi connectivity index (χ2n) is 6.62. The van der Waals surface area contributed by atoms with Gasteiger partial charge in [0.15, 0.2) is 0 Å². The van der Waals surface area contributed by atoms with E-state index in [1.807, 2.05) is 31.1 Å². The molecule has 0 unspecified atom stereocenters. The molecule has 0 fully saturated rings. The van der Waals surface area contributed by atoms with Gasteiger partial charge in [0, 0.05) is 24.0 Å². The van der Waals surface area contributed by atoms with Crippen molar-refractivity contribution in [2.24, 2.45) is 0 Å². The fourth-order valence-corrected chi connectivity index (χ4v) is 3.39. The summed E-state index contributed by atoms with van der Waals surface area (Å²) >= 11 is 1.32. The van der Waals surface area contributed by atoms with E-state index in [0.717, 1.165) is 24.7 Å². The lowest BCUT2D eigenvalue weighted by Gasteiger charge is -2.11. The molecule has 0 spiro atoms. The number of nitrogens with one attached hydrogen (secondary N) is 1. The number of carbonyl (C=O) groups is 1. The number of halogens is 2. The minimum absolute atomic E-state index is 0.121. The highest BCUT2D eigenvalue weighted by molar-refractivity contribution is 7.13. The summed E-state index contributed by atoms with van der Waals surface area (Å²) in [7, 11) is 3.86. The number of thiazole rings is 1. The average Bonchev–Trinajstić information content (AvgIpc) is 3.19. The van der Waals surface area contributed by atoms with E-state index in [-0.39, 0.29) is 18.1 Å². The number of benzene rings is 2. The van der Waals surface area contributed by atoms with Crippen LogP contribution in [0.2, 0.25) is 0 Å². The highest BCUT2D eigenvalue weighted by atomic mass is 32.1. The molecule has 2 aromatic carbocycles. The molecule has 0 aliphatic rings. The summed E-state index contributed by atoms with van der Waals surface area (Å²) in [6, 6.07) is 10.4. The predicted octanol–water partition coefficient (Wildman–Crippen LogP) is 3.96. The van der Waals surface area contributed by atoms with Crippen molar-refractivity contribution in [2.75, 3.05) is 27.2 Å². The van der Waals surface area contributed by atoms with Crippen LogP contribution in [0.5, 0.6) is 5.75 Å². The van der Waals surface area contributed by atoms with Crippen LogP contribution in [0.25, 0.3) is 10.6 Å². The number of ether oxygens (including phenoxy) is 1. The van der Waals surface area contributed by atoms with Crippen molar-refractivity contribution in [1.29, 1.82) is 0 Å². The normalized spacial score (nSPS) is 10.9. The van der Waals surface area contributed by atoms with Crippen LogP contribution >= 0.6 is 11.3 Å². The fraction of sp³-hybridized carbons (Fsp3) is 0.238. The van der Waals surface area contributed by atoms with E-state index in [1.54, 1.807) is 17.5 Å². The van der Waals surface area contributed by atoms with Crippen LogP contribution < -0.4 is 10.1 Å². The summed E-state index contributed by atoms with van der Waals surface area (Å²) in [5, 5.41) is 5.12. The molecule has 1 N–H and O–H groups in total. The number of nitrogens with zero attached hydrogens (tertiary/aromatic N) is 2. The highest BCUT2D eigenvalue weighted by Gasteiger charge is 2.15. The van der Waals surface area contributed by atoms with Crippen LogP contribution in [-0.4, -0.2) is 43.0 Å². The Morgan fingerprint density at radius 2 is 2.00 bits per heavy atom. The Morgan fingerprint density at radius 3 is 2.79 bits per heavy atom. The van der Waals surface area contributed by atoms with Gasteiger partial charge in [-0.05, 0) is 44.4 Å². The number of carbonyl (C=O) groups excluding carboxylic acids is 1. The van der Waals surface area contributed by atoms with E-state index in [1.165, 1.54) is 11.3 Å².